The molecule has 0 saturated heterocycles. The van der Waals surface area contributed by atoms with Crippen molar-refractivity contribution in [3.8, 4) is 17.6 Å². The number of carbonyl (C=O) groups is 1. The van der Waals surface area contributed by atoms with E-state index in [2.05, 4.69) is 0 Å². The van der Waals surface area contributed by atoms with Crippen molar-refractivity contribution in [2.45, 2.75) is 45.6 Å². The lowest BCUT2D eigenvalue weighted by molar-refractivity contribution is -0.128. The van der Waals surface area contributed by atoms with Crippen LogP contribution in [0.4, 0.5) is 0 Å². The number of ether oxygens (including phenoxy) is 2. The molecule has 30 heavy (non-hydrogen) atoms. The molecule has 3 rings (SSSR count). The Morgan fingerprint density at radius 1 is 1.30 bits per heavy atom. The number of hydrogen-bond acceptors (Lipinski definition) is 7. The number of methoxy groups -OCH3 is 2. The predicted molar refractivity (Wildman–Crippen MR) is 112 cm³/mol. The van der Waals surface area contributed by atoms with Crippen LogP contribution in [0.15, 0.2) is 18.2 Å². The molecule has 3 atom stereocenters. The predicted octanol–water partition coefficient (Wildman–Crippen LogP) is 2.37. The van der Waals surface area contributed by atoms with E-state index < -0.39 is 27.3 Å². The van der Waals surface area contributed by atoms with Crippen molar-refractivity contribution in [2.75, 3.05) is 20.0 Å². The van der Waals surface area contributed by atoms with E-state index >= 15 is 0 Å². The summed E-state index contributed by atoms with van der Waals surface area (Å²) in [6, 6.07) is 7.01. The van der Waals surface area contributed by atoms with Gasteiger partial charge in [0.2, 0.25) is 0 Å². The van der Waals surface area contributed by atoms with Crippen LogP contribution in [-0.2, 0) is 21.3 Å². The Hall–Kier alpha value is -2.15. The molecule has 2 bridgehead atoms. The molecule has 0 radical (unpaired) electrons. The van der Waals surface area contributed by atoms with E-state index in [1.807, 2.05) is 32.0 Å². The van der Waals surface area contributed by atoms with E-state index in [4.69, 9.17) is 25.0 Å². The van der Waals surface area contributed by atoms with Crippen LogP contribution >= 0.6 is 0 Å². The smallest absolute Gasteiger partial charge is 0.265 e. The van der Waals surface area contributed by atoms with Crippen LogP contribution in [0.2, 0.25) is 0 Å². The maximum Gasteiger partial charge on any atom is 0.265 e. The molecule has 2 aliphatic carbocycles. The topological polar surface area (TPSA) is 140 Å². The number of nitrogens with zero attached hydrogens (tertiary/aromatic N) is 1. The Kier molecular flexibility index (Phi) is 7.17. The molecule has 0 heterocycles. The second-order valence-corrected chi connectivity index (χ2v) is 9.97. The Morgan fingerprint density at radius 3 is 2.37 bits per heavy atom. The normalized spacial score (nSPS) is 25.1. The fourth-order valence-electron chi connectivity index (χ4n) is 4.73. The van der Waals surface area contributed by atoms with Crippen molar-refractivity contribution in [3.05, 3.63) is 23.8 Å². The van der Waals surface area contributed by atoms with Crippen molar-refractivity contribution in [3.63, 3.8) is 0 Å². The molecule has 0 aliphatic heterocycles. The van der Waals surface area contributed by atoms with Crippen LogP contribution in [0, 0.1) is 28.1 Å². The van der Waals surface area contributed by atoms with E-state index in [0.29, 0.717) is 30.8 Å². The molecular weight excluding hydrogens is 408 g/mol. The minimum atomic E-state index is -4.08. The molecule has 166 valence electrons. The summed E-state index contributed by atoms with van der Waals surface area (Å²) in [5, 5.41) is 8.59. The van der Waals surface area contributed by atoms with Gasteiger partial charge in [0.15, 0.2) is 11.5 Å². The van der Waals surface area contributed by atoms with Crippen molar-refractivity contribution in [1.82, 2.24) is 0 Å². The summed E-state index contributed by atoms with van der Waals surface area (Å²) in [4.78, 5) is 11.9. The Bertz CT molecular complexity index is 937. The van der Waals surface area contributed by atoms with E-state index in [1.165, 1.54) is 0 Å². The summed E-state index contributed by atoms with van der Waals surface area (Å²) in [6.45, 7) is 3.89. The van der Waals surface area contributed by atoms with Crippen LogP contribution in [0.25, 0.3) is 0 Å². The van der Waals surface area contributed by atoms with Crippen molar-refractivity contribution >= 4 is 15.9 Å². The number of benzene rings is 1. The maximum atomic E-state index is 11.9. The van der Waals surface area contributed by atoms with E-state index in [9.17, 15) is 13.2 Å². The van der Waals surface area contributed by atoms with Gasteiger partial charge in [0.25, 0.3) is 10.1 Å². The van der Waals surface area contributed by atoms with Gasteiger partial charge in [-0.15, -0.1) is 0 Å². The van der Waals surface area contributed by atoms with Crippen LogP contribution in [0.5, 0.6) is 11.5 Å². The first kappa shape index (κ1) is 24.1. The third kappa shape index (κ3) is 4.77. The lowest BCUT2D eigenvalue weighted by Gasteiger charge is -2.35. The average Bonchev–Trinajstić information content (AvgIpc) is 3.01. The average molecular weight is 439 g/mol. The van der Waals surface area contributed by atoms with Gasteiger partial charge in [-0.1, -0.05) is 19.9 Å². The minimum Gasteiger partial charge on any atom is -0.493 e. The van der Waals surface area contributed by atoms with Gasteiger partial charge >= 0.3 is 0 Å². The second kappa shape index (κ2) is 8.92. The first-order valence-electron chi connectivity index (χ1n) is 9.74. The quantitative estimate of drug-likeness (QED) is 0.645. The van der Waals surface area contributed by atoms with Gasteiger partial charge in [-0.05, 0) is 41.9 Å². The number of hydrogen-bond donors (Lipinski definition) is 2. The van der Waals surface area contributed by atoms with E-state index in [0.717, 1.165) is 12.0 Å². The fraction of sp³-hybridized carbons (Fsp3) is 0.619. The van der Waals surface area contributed by atoms with Gasteiger partial charge in [-0.3, -0.25) is 9.35 Å². The number of ketones is 1. The SMILES string of the molecule is CC1(C)C2CCC1(CS(=O)(=O)O)C(=O)C2.COc1ccc(CC(N)C#N)cc1OC. The van der Waals surface area contributed by atoms with Gasteiger partial charge in [0.1, 0.15) is 5.78 Å². The second-order valence-electron chi connectivity index (χ2n) is 8.52. The Labute approximate surface area is 178 Å². The summed E-state index contributed by atoms with van der Waals surface area (Å²) >= 11 is 0. The van der Waals surface area contributed by atoms with E-state index in [-0.39, 0.29) is 17.1 Å². The van der Waals surface area contributed by atoms with Gasteiger partial charge in [-0.2, -0.15) is 13.7 Å². The van der Waals surface area contributed by atoms with Crippen LogP contribution in [0.3, 0.4) is 0 Å². The molecule has 8 nitrogen and oxygen atoms in total. The van der Waals surface area contributed by atoms with Crippen molar-refractivity contribution in [2.24, 2.45) is 22.5 Å². The van der Waals surface area contributed by atoms with E-state index in [1.54, 1.807) is 20.3 Å². The minimum absolute atomic E-state index is 0.0152. The summed E-state index contributed by atoms with van der Waals surface area (Å²) in [5.41, 5.74) is 5.37. The standard InChI is InChI=1S/C11H14N2O2.C10H16O4S/c1-14-10-4-3-8(5-9(13)7-12)6-11(10)15-2;1-9(2)7-3-4-10(9,8(11)5-7)6-15(12,13)14/h3-4,6,9H,5,13H2,1-2H3;7H,3-6H2,1-2H3,(H,12,13,14). The first-order valence-corrected chi connectivity index (χ1v) is 11.4. The monoisotopic (exact) mass is 438 g/mol. The maximum absolute atomic E-state index is 11.9. The van der Waals surface area contributed by atoms with Gasteiger partial charge in [0.05, 0.1) is 37.5 Å². The lowest BCUT2D eigenvalue weighted by Crippen LogP contribution is -2.42. The molecule has 0 spiro atoms. The Morgan fingerprint density at radius 2 is 1.93 bits per heavy atom. The van der Waals surface area contributed by atoms with Crippen molar-refractivity contribution < 1.29 is 27.2 Å². The van der Waals surface area contributed by atoms with Crippen LogP contribution in [-0.4, -0.2) is 44.8 Å². The zero-order chi connectivity index (χ0) is 22.7. The highest BCUT2D eigenvalue weighted by Gasteiger charge is 2.65. The largest absolute Gasteiger partial charge is 0.493 e. The zero-order valence-corrected chi connectivity index (χ0v) is 18.7. The molecule has 0 amide bonds. The van der Waals surface area contributed by atoms with Gasteiger partial charge < -0.3 is 15.2 Å². The number of rotatable bonds is 6. The molecule has 3 N–H and O–H groups in total. The summed E-state index contributed by atoms with van der Waals surface area (Å²) < 4.78 is 41.2. The molecule has 2 saturated carbocycles. The molecule has 1 aromatic carbocycles. The summed E-state index contributed by atoms with van der Waals surface area (Å²) in [7, 11) is -0.919. The highest BCUT2D eigenvalue weighted by Crippen LogP contribution is 2.64. The van der Waals surface area contributed by atoms with Gasteiger partial charge in [0, 0.05) is 12.8 Å². The number of fused-ring (bicyclic) bond motifs is 2. The van der Waals surface area contributed by atoms with Crippen molar-refractivity contribution in [1.29, 1.82) is 5.26 Å². The molecular formula is C21H30N2O6S. The molecule has 9 heteroatoms. The lowest BCUT2D eigenvalue weighted by atomic mass is 9.70. The molecule has 2 fully saturated rings. The van der Waals surface area contributed by atoms with Crippen LogP contribution < -0.4 is 15.2 Å². The highest BCUT2D eigenvalue weighted by molar-refractivity contribution is 7.85. The highest BCUT2D eigenvalue weighted by atomic mass is 32.2. The zero-order valence-electron chi connectivity index (χ0n) is 17.8. The number of carbonyl (C=O) groups excluding carboxylic acids is 1. The fourth-order valence-corrected chi connectivity index (χ4v) is 6.03. The molecule has 2 aliphatic rings. The summed E-state index contributed by atoms with van der Waals surface area (Å²) in [6.07, 6.45) is 2.48. The first-order chi connectivity index (χ1) is 13.9. The Balaban J connectivity index is 0.000000214. The third-order valence-corrected chi connectivity index (χ3v) is 7.49. The third-order valence-electron chi connectivity index (χ3n) is 6.64. The summed E-state index contributed by atoms with van der Waals surface area (Å²) in [5.74, 6) is 1.22. The number of nitriles is 1. The van der Waals surface area contributed by atoms with Crippen LogP contribution in [0.1, 0.15) is 38.7 Å². The molecule has 1 aromatic rings. The number of nitrogens with two attached hydrogens (primary N) is 1. The molecule has 0 aromatic heterocycles. The van der Waals surface area contributed by atoms with Gasteiger partial charge in [-0.25, -0.2) is 0 Å². The number of Topliss-reactive ketones (excluding diaryl/α,β-unsaturated/α-hetero) is 1. The molecule has 3 unspecified atom stereocenters.